The Morgan fingerprint density at radius 3 is 2.97 bits per heavy atom. The number of aromatic nitrogens is 5. The van der Waals surface area contributed by atoms with Crippen molar-refractivity contribution in [1.29, 1.82) is 0 Å². The number of carbonyl (C=O) groups is 1. The van der Waals surface area contributed by atoms with Crippen molar-refractivity contribution in [3.63, 3.8) is 0 Å². The lowest BCUT2D eigenvalue weighted by molar-refractivity contribution is -0.128. The van der Waals surface area contributed by atoms with Crippen molar-refractivity contribution in [1.82, 2.24) is 34.5 Å². The number of nitrogens with zero attached hydrogens (tertiary/aromatic N) is 6. The van der Waals surface area contributed by atoms with Crippen LogP contribution >= 0.6 is 11.3 Å². The first kappa shape index (κ1) is 20.1. The Labute approximate surface area is 183 Å². The first-order valence-electron chi connectivity index (χ1n) is 10.5. The minimum atomic E-state index is -0.504. The predicted octanol–water partition coefficient (Wildman–Crippen LogP) is 1.18. The van der Waals surface area contributed by atoms with Crippen molar-refractivity contribution >= 4 is 17.2 Å². The lowest BCUT2D eigenvalue weighted by Crippen LogP contribution is -2.53. The number of aryl methyl sites for hydroxylation is 1. The van der Waals surface area contributed by atoms with E-state index in [-0.39, 0.29) is 23.3 Å². The zero-order valence-electron chi connectivity index (χ0n) is 17.3. The third-order valence-corrected chi connectivity index (χ3v) is 7.15. The average Bonchev–Trinajstić information content (AvgIpc) is 3.43. The average molecular weight is 440 g/mol. The SMILES string of the molecule is Cc1csc(CNC(=O)[C@H]2[C@H]3C[C@H](CN(CCn4cncn4)C3)c3cccc(=O)n32)n1. The van der Waals surface area contributed by atoms with E-state index in [0.29, 0.717) is 6.54 Å². The normalized spacial score (nSPS) is 22.8. The number of pyridine rings is 1. The molecule has 1 amide bonds. The van der Waals surface area contributed by atoms with E-state index in [2.05, 4.69) is 25.3 Å². The number of rotatable bonds is 6. The van der Waals surface area contributed by atoms with Gasteiger partial charge in [0.1, 0.15) is 23.7 Å². The van der Waals surface area contributed by atoms with Gasteiger partial charge in [-0.3, -0.25) is 18.8 Å². The number of fused-ring (bicyclic) bond motifs is 4. The van der Waals surface area contributed by atoms with E-state index in [9.17, 15) is 9.59 Å². The highest BCUT2D eigenvalue weighted by Crippen LogP contribution is 2.41. The molecule has 5 rings (SSSR count). The molecule has 5 heterocycles. The van der Waals surface area contributed by atoms with Gasteiger partial charge >= 0.3 is 0 Å². The van der Waals surface area contributed by atoms with E-state index >= 15 is 0 Å². The molecule has 0 saturated carbocycles. The molecule has 9 nitrogen and oxygen atoms in total. The van der Waals surface area contributed by atoms with Crippen molar-refractivity contribution in [2.45, 2.75) is 38.4 Å². The lowest BCUT2D eigenvalue weighted by atomic mass is 9.78. The third-order valence-electron chi connectivity index (χ3n) is 6.18. The molecule has 0 unspecified atom stereocenters. The van der Waals surface area contributed by atoms with Crippen LogP contribution in [0.3, 0.4) is 0 Å². The minimum absolute atomic E-state index is 0.0835. The zero-order chi connectivity index (χ0) is 21.4. The Bertz CT molecular complexity index is 1120. The second-order valence-corrected chi connectivity index (χ2v) is 9.26. The maximum atomic E-state index is 13.3. The highest BCUT2D eigenvalue weighted by molar-refractivity contribution is 7.09. The van der Waals surface area contributed by atoms with Gasteiger partial charge in [0.2, 0.25) is 5.91 Å². The molecule has 10 heteroatoms. The summed E-state index contributed by atoms with van der Waals surface area (Å²) < 4.78 is 3.55. The van der Waals surface area contributed by atoms with Crippen LogP contribution in [0.2, 0.25) is 0 Å². The van der Waals surface area contributed by atoms with Gasteiger partial charge in [0, 0.05) is 54.3 Å². The number of hydrogen-bond acceptors (Lipinski definition) is 7. The Balaban J connectivity index is 1.38. The highest BCUT2D eigenvalue weighted by Gasteiger charge is 2.43. The van der Waals surface area contributed by atoms with Gasteiger partial charge in [-0.1, -0.05) is 6.07 Å². The van der Waals surface area contributed by atoms with E-state index in [0.717, 1.165) is 49.0 Å². The third kappa shape index (κ3) is 4.05. The molecule has 3 atom stereocenters. The van der Waals surface area contributed by atoms with Crippen molar-refractivity contribution in [2.24, 2.45) is 5.92 Å². The second-order valence-electron chi connectivity index (χ2n) is 8.31. The fourth-order valence-electron chi connectivity index (χ4n) is 4.89. The van der Waals surface area contributed by atoms with Crippen LogP contribution in [0, 0.1) is 12.8 Å². The van der Waals surface area contributed by atoms with Crippen LogP contribution in [0.15, 0.2) is 41.0 Å². The number of thiazole rings is 1. The Morgan fingerprint density at radius 2 is 2.19 bits per heavy atom. The first-order valence-corrected chi connectivity index (χ1v) is 11.4. The predicted molar refractivity (Wildman–Crippen MR) is 116 cm³/mol. The van der Waals surface area contributed by atoms with E-state index in [4.69, 9.17) is 0 Å². The van der Waals surface area contributed by atoms with Crippen LogP contribution in [0.25, 0.3) is 0 Å². The van der Waals surface area contributed by atoms with Gasteiger partial charge in [0.05, 0.1) is 13.1 Å². The molecule has 1 fully saturated rings. The van der Waals surface area contributed by atoms with Crippen LogP contribution in [-0.2, 0) is 17.9 Å². The number of piperidine rings is 1. The largest absolute Gasteiger partial charge is 0.348 e. The Hall–Kier alpha value is -2.85. The summed E-state index contributed by atoms with van der Waals surface area (Å²) in [6.45, 7) is 5.56. The van der Waals surface area contributed by atoms with Crippen molar-refractivity contribution in [3.8, 4) is 0 Å². The van der Waals surface area contributed by atoms with Crippen molar-refractivity contribution in [3.05, 3.63) is 63.0 Å². The maximum Gasteiger partial charge on any atom is 0.251 e. The van der Waals surface area contributed by atoms with Crippen LogP contribution in [-0.4, -0.2) is 54.8 Å². The summed E-state index contributed by atoms with van der Waals surface area (Å²) in [6.07, 6.45) is 4.17. The molecule has 3 aromatic heterocycles. The highest BCUT2D eigenvalue weighted by atomic mass is 32.1. The molecule has 0 aromatic carbocycles. The molecule has 2 bridgehead atoms. The molecule has 1 N–H and O–H groups in total. The summed E-state index contributed by atoms with van der Waals surface area (Å²) in [6, 6.07) is 4.84. The molecule has 3 aromatic rings. The summed E-state index contributed by atoms with van der Waals surface area (Å²) in [5.41, 5.74) is 1.81. The Morgan fingerprint density at radius 1 is 1.29 bits per heavy atom. The van der Waals surface area contributed by atoms with E-state index in [1.54, 1.807) is 23.0 Å². The summed E-state index contributed by atoms with van der Waals surface area (Å²) in [5.74, 6) is 0.221. The van der Waals surface area contributed by atoms with E-state index in [1.165, 1.54) is 17.7 Å². The quantitative estimate of drug-likeness (QED) is 0.619. The monoisotopic (exact) mass is 439 g/mol. The Kier molecular flexibility index (Phi) is 5.41. The molecule has 0 aliphatic carbocycles. The van der Waals surface area contributed by atoms with Gasteiger partial charge in [-0.05, 0) is 19.4 Å². The maximum absolute atomic E-state index is 13.3. The number of nitrogens with one attached hydrogen (secondary N) is 1. The molecule has 0 radical (unpaired) electrons. The van der Waals surface area contributed by atoms with Gasteiger partial charge in [-0.15, -0.1) is 11.3 Å². The molecule has 31 heavy (non-hydrogen) atoms. The van der Waals surface area contributed by atoms with Gasteiger partial charge in [-0.25, -0.2) is 9.97 Å². The summed E-state index contributed by atoms with van der Waals surface area (Å²) >= 11 is 1.53. The summed E-state index contributed by atoms with van der Waals surface area (Å²) in [7, 11) is 0. The van der Waals surface area contributed by atoms with Gasteiger partial charge in [0.15, 0.2) is 0 Å². The lowest BCUT2D eigenvalue weighted by Gasteiger charge is -2.46. The molecular formula is C21H25N7O2S. The summed E-state index contributed by atoms with van der Waals surface area (Å²) in [4.78, 5) is 36.9. The summed E-state index contributed by atoms with van der Waals surface area (Å²) in [5, 5.41) is 10.1. The fraction of sp³-hybridized carbons (Fsp3) is 0.476. The van der Waals surface area contributed by atoms with Gasteiger partial charge in [-0.2, -0.15) is 5.10 Å². The van der Waals surface area contributed by atoms with E-state index in [1.807, 2.05) is 23.1 Å². The molecule has 0 spiro atoms. The fourth-order valence-corrected chi connectivity index (χ4v) is 5.60. The first-order chi connectivity index (χ1) is 15.1. The number of likely N-dealkylation sites (tertiary alicyclic amines) is 1. The zero-order valence-corrected chi connectivity index (χ0v) is 18.2. The van der Waals surface area contributed by atoms with E-state index < -0.39 is 6.04 Å². The molecule has 2 aliphatic heterocycles. The molecule has 1 saturated heterocycles. The number of amides is 1. The topological polar surface area (TPSA) is 97.9 Å². The van der Waals surface area contributed by atoms with Gasteiger partial charge < -0.3 is 10.2 Å². The van der Waals surface area contributed by atoms with Crippen LogP contribution < -0.4 is 10.9 Å². The standard InChI is InChI=1S/C21H25N7O2S/c1-14-11-31-18(25-14)8-23-21(30)20-16-7-15(17-3-2-4-19(29)28(17)20)9-26(10-16)5-6-27-13-22-12-24-27/h2-4,11-13,15-16,20H,5-10H2,1H3,(H,23,30)/t15-,16+,20-/m1/s1. The van der Waals surface area contributed by atoms with Crippen LogP contribution in [0.1, 0.15) is 34.8 Å². The minimum Gasteiger partial charge on any atom is -0.348 e. The molecular weight excluding hydrogens is 414 g/mol. The number of carbonyl (C=O) groups excluding carboxylic acids is 1. The second kappa shape index (κ2) is 8.35. The molecule has 162 valence electrons. The van der Waals surface area contributed by atoms with Crippen molar-refractivity contribution < 1.29 is 4.79 Å². The number of hydrogen-bond donors (Lipinski definition) is 1. The van der Waals surface area contributed by atoms with Crippen LogP contribution in [0.5, 0.6) is 0 Å². The van der Waals surface area contributed by atoms with Gasteiger partial charge in [0.25, 0.3) is 5.56 Å². The molecule has 2 aliphatic rings. The smallest absolute Gasteiger partial charge is 0.251 e. The van der Waals surface area contributed by atoms with Crippen molar-refractivity contribution in [2.75, 3.05) is 19.6 Å². The van der Waals surface area contributed by atoms with Crippen LogP contribution in [0.4, 0.5) is 0 Å².